The Bertz CT molecular complexity index is 944. The van der Waals surface area contributed by atoms with E-state index >= 15 is 0 Å². The van der Waals surface area contributed by atoms with Crippen LogP contribution in [-0.2, 0) is 0 Å². The summed E-state index contributed by atoms with van der Waals surface area (Å²) in [5.41, 5.74) is 0. The Labute approximate surface area is 181 Å². The summed E-state index contributed by atoms with van der Waals surface area (Å²) in [6, 6.07) is 43.9. The second-order valence-electron chi connectivity index (χ2n) is 7.35. The number of benzene rings is 4. The van der Waals surface area contributed by atoms with Crippen molar-refractivity contribution in [3.8, 4) is 0 Å². The molecule has 0 heterocycles. The highest BCUT2D eigenvalue weighted by atomic mass is 32.1. The molecule has 3 heteroatoms. The second-order valence-corrected chi connectivity index (χ2v) is 15.7. The van der Waals surface area contributed by atoms with Crippen LogP contribution in [0.2, 0.25) is 6.55 Å². The number of rotatable bonds is 6. The zero-order valence-electron chi connectivity index (χ0n) is 16.5. The molecule has 0 N–H and O–H groups in total. The quantitative estimate of drug-likeness (QED) is 0.254. The molecule has 4 rings (SSSR count). The van der Waals surface area contributed by atoms with Crippen LogP contribution in [0.3, 0.4) is 0 Å². The van der Waals surface area contributed by atoms with E-state index in [2.05, 4.69) is 128 Å². The minimum absolute atomic E-state index is 0.243. The average molecular weight is 429 g/mol. The van der Waals surface area contributed by atoms with Crippen LogP contribution in [0.15, 0.2) is 121 Å². The molecule has 1 unspecified atom stereocenters. The maximum absolute atomic E-state index is 5.44. The molecule has 1 atom stereocenters. The Hall–Kier alpha value is -2.12. The highest BCUT2D eigenvalue weighted by Gasteiger charge is 2.43. The van der Waals surface area contributed by atoms with Gasteiger partial charge >= 0.3 is 0 Å². The first-order chi connectivity index (χ1) is 14.2. The van der Waals surface area contributed by atoms with Crippen LogP contribution >= 0.6 is 20.6 Å². The van der Waals surface area contributed by atoms with E-state index in [9.17, 15) is 0 Å². The molecule has 0 aliphatic carbocycles. The lowest BCUT2D eigenvalue weighted by Crippen LogP contribution is -2.63. The van der Waals surface area contributed by atoms with E-state index < -0.39 is 16.0 Å². The van der Waals surface area contributed by atoms with Crippen molar-refractivity contribution in [2.75, 3.05) is 0 Å². The van der Waals surface area contributed by atoms with Gasteiger partial charge in [0.15, 0.2) is 0 Å². The first kappa shape index (κ1) is 20.2. The van der Waals surface area contributed by atoms with Crippen molar-refractivity contribution < 1.29 is 0 Å². The summed E-state index contributed by atoms with van der Waals surface area (Å²) in [5, 5.41) is 5.65. The first-order valence-corrected chi connectivity index (χ1v) is 14.4. The zero-order valence-corrected chi connectivity index (χ0v) is 19.3. The second kappa shape index (κ2) is 9.13. The summed E-state index contributed by atoms with van der Waals surface area (Å²) in [6.45, 7) is 2.48. The van der Waals surface area contributed by atoms with E-state index in [0.29, 0.717) is 0 Å². The number of hydrogen-bond acceptors (Lipinski definition) is 1. The molecule has 0 radical (unpaired) electrons. The van der Waals surface area contributed by atoms with Gasteiger partial charge in [-0.3, -0.25) is 0 Å². The van der Waals surface area contributed by atoms with E-state index in [-0.39, 0.29) is 4.61 Å². The van der Waals surface area contributed by atoms with Crippen molar-refractivity contribution in [1.82, 2.24) is 0 Å². The minimum atomic E-state index is -2.14. The SMILES string of the molecule is C[Si](c1ccccc1)(c1ccccc1)C(S)P(c1ccccc1)c1ccccc1. The Morgan fingerprint density at radius 1 is 0.552 bits per heavy atom. The highest BCUT2D eigenvalue weighted by Crippen LogP contribution is 2.45. The molecule has 0 spiro atoms. The Kier molecular flexibility index (Phi) is 6.35. The number of thiol groups is 1. The third-order valence-electron chi connectivity index (χ3n) is 5.58. The fourth-order valence-corrected chi connectivity index (χ4v) is 14.0. The molecule has 4 aromatic rings. The molecule has 0 saturated carbocycles. The van der Waals surface area contributed by atoms with E-state index in [0.717, 1.165) is 0 Å². The lowest BCUT2D eigenvalue weighted by Gasteiger charge is -2.39. The molecule has 29 heavy (non-hydrogen) atoms. The third kappa shape index (κ3) is 4.11. The topological polar surface area (TPSA) is 0 Å². The Morgan fingerprint density at radius 3 is 1.21 bits per heavy atom. The lowest BCUT2D eigenvalue weighted by atomic mass is 10.4. The summed E-state index contributed by atoms with van der Waals surface area (Å²) in [4.78, 5) is 0. The van der Waals surface area contributed by atoms with Gasteiger partial charge in [-0.1, -0.05) is 138 Å². The van der Waals surface area contributed by atoms with Gasteiger partial charge in [0.1, 0.15) is 8.07 Å². The molecule has 0 aliphatic heterocycles. The Morgan fingerprint density at radius 2 is 0.862 bits per heavy atom. The van der Waals surface area contributed by atoms with Crippen molar-refractivity contribution in [1.29, 1.82) is 0 Å². The summed E-state index contributed by atoms with van der Waals surface area (Å²) in [7, 11) is -2.76. The average Bonchev–Trinajstić information content (AvgIpc) is 2.81. The molecular weight excluding hydrogens is 403 g/mol. The van der Waals surface area contributed by atoms with Gasteiger partial charge < -0.3 is 0 Å². The lowest BCUT2D eigenvalue weighted by molar-refractivity contribution is 1.61. The Balaban J connectivity index is 1.91. The maximum Gasteiger partial charge on any atom is 0.132 e. The van der Waals surface area contributed by atoms with Crippen molar-refractivity contribution in [2.24, 2.45) is 0 Å². The van der Waals surface area contributed by atoms with Gasteiger partial charge in [-0.05, 0) is 18.5 Å². The predicted molar refractivity (Wildman–Crippen MR) is 136 cm³/mol. The normalized spacial score (nSPS) is 12.7. The minimum Gasteiger partial charge on any atom is -0.173 e. The van der Waals surface area contributed by atoms with Crippen LogP contribution in [0.4, 0.5) is 0 Å². The predicted octanol–water partition coefficient (Wildman–Crippen LogP) is 4.81. The molecule has 144 valence electrons. The highest BCUT2D eigenvalue weighted by molar-refractivity contribution is 7.98. The van der Waals surface area contributed by atoms with Crippen LogP contribution in [0.5, 0.6) is 0 Å². The standard InChI is InChI=1S/C26H25PSSi/c1-29(24-18-10-4-11-19-24,25-20-12-5-13-21-25)26(28)27(22-14-6-2-7-15-22)23-16-8-3-9-17-23/h2-21,26,28H,1H3. The van der Waals surface area contributed by atoms with Crippen LogP contribution in [0, 0.1) is 0 Å². The smallest absolute Gasteiger partial charge is 0.132 e. The van der Waals surface area contributed by atoms with Crippen molar-refractivity contribution in [3.05, 3.63) is 121 Å². The summed E-state index contributed by atoms with van der Waals surface area (Å²) in [5.74, 6) is 0. The van der Waals surface area contributed by atoms with Crippen molar-refractivity contribution in [3.63, 3.8) is 0 Å². The fourth-order valence-electron chi connectivity index (χ4n) is 3.90. The first-order valence-electron chi connectivity index (χ1n) is 9.90. The summed E-state index contributed by atoms with van der Waals surface area (Å²) in [6.07, 6.45) is 0. The summed E-state index contributed by atoms with van der Waals surface area (Å²) >= 11 is 5.44. The van der Waals surface area contributed by atoms with Crippen LogP contribution in [0.1, 0.15) is 0 Å². The molecule has 0 aromatic heterocycles. The van der Waals surface area contributed by atoms with Gasteiger partial charge in [-0.25, -0.2) is 0 Å². The third-order valence-corrected chi connectivity index (χ3v) is 16.4. The van der Waals surface area contributed by atoms with Crippen LogP contribution in [0.25, 0.3) is 0 Å². The molecule has 0 nitrogen and oxygen atoms in total. The zero-order chi connectivity index (χ0) is 20.1. The van der Waals surface area contributed by atoms with Gasteiger partial charge in [0.05, 0.1) is 0 Å². The van der Waals surface area contributed by atoms with Crippen LogP contribution < -0.4 is 21.0 Å². The van der Waals surface area contributed by atoms with E-state index in [1.807, 2.05) is 0 Å². The van der Waals surface area contributed by atoms with Gasteiger partial charge in [-0.2, -0.15) is 12.6 Å². The van der Waals surface area contributed by atoms with E-state index in [4.69, 9.17) is 12.6 Å². The fraction of sp³-hybridized carbons (Fsp3) is 0.0769. The monoisotopic (exact) mass is 428 g/mol. The molecule has 0 bridgehead atoms. The maximum atomic E-state index is 5.44. The molecule has 0 saturated heterocycles. The van der Waals surface area contributed by atoms with E-state index in [1.54, 1.807) is 0 Å². The van der Waals surface area contributed by atoms with Gasteiger partial charge in [0.2, 0.25) is 0 Å². The largest absolute Gasteiger partial charge is 0.173 e. The summed E-state index contributed by atoms with van der Waals surface area (Å²) < 4.78 is 0.243. The number of hydrogen-bond donors (Lipinski definition) is 1. The van der Waals surface area contributed by atoms with Gasteiger partial charge in [-0.15, -0.1) is 0 Å². The van der Waals surface area contributed by atoms with Gasteiger partial charge in [0, 0.05) is 4.61 Å². The van der Waals surface area contributed by atoms with E-state index in [1.165, 1.54) is 21.0 Å². The molecule has 0 aliphatic rings. The van der Waals surface area contributed by atoms with Crippen molar-refractivity contribution in [2.45, 2.75) is 11.2 Å². The van der Waals surface area contributed by atoms with Crippen molar-refractivity contribution >= 4 is 49.6 Å². The molecule has 0 amide bonds. The molecule has 0 fully saturated rings. The molecule has 4 aromatic carbocycles. The van der Waals surface area contributed by atoms with Gasteiger partial charge in [0.25, 0.3) is 0 Å². The van der Waals surface area contributed by atoms with Crippen LogP contribution in [-0.4, -0.2) is 12.7 Å². The molecular formula is C26H25PSSi.